The zero-order valence-electron chi connectivity index (χ0n) is 12.0. The fourth-order valence-corrected chi connectivity index (χ4v) is 4.66. The van der Waals surface area contributed by atoms with Crippen LogP contribution in [0.2, 0.25) is 0 Å². The molecule has 6 heteroatoms. The highest BCUT2D eigenvalue weighted by molar-refractivity contribution is 8.14. The maximum absolute atomic E-state index is 5.46. The molecule has 0 saturated carbocycles. The molecule has 1 N–H and O–H groups in total. The van der Waals surface area contributed by atoms with E-state index in [2.05, 4.69) is 24.1 Å². The third-order valence-corrected chi connectivity index (χ3v) is 6.39. The van der Waals surface area contributed by atoms with Gasteiger partial charge in [-0.1, -0.05) is 18.7 Å². The molecule has 0 bridgehead atoms. The number of aryl methyl sites for hydroxylation is 1. The van der Waals surface area contributed by atoms with E-state index in [1.807, 2.05) is 18.0 Å². The molecule has 1 atom stereocenters. The summed E-state index contributed by atoms with van der Waals surface area (Å²) in [6.07, 6.45) is 5.21. The lowest BCUT2D eigenvalue weighted by atomic mass is 9.93. The summed E-state index contributed by atoms with van der Waals surface area (Å²) in [5, 5.41) is 5.83. The Hall–Kier alpha value is -0.590. The number of aromatic nitrogens is 1. The number of aliphatic imine (C=N–C) groups is 1. The van der Waals surface area contributed by atoms with Crippen LogP contribution in [-0.2, 0) is 11.2 Å². The Balaban J connectivity index is 1.67. The van der Waals surface area contributed by atoms with E-state index in [0.29, 0.717) is 0 Å². The molecule has 3 heterocycles. The van der Waals surface area contributed by atoms with E-state index in [0.717, 1.165) is 48.4 Å². The van der Waals surface area contributed by atoms with Crippen molar-refractivity contribution in [2.75, 3.05) is 19.0 Å². The van der Waals surface area contributed by atoms with Gasteiger partial charge in [0.2, 0.25) is 0 Å². The molecule has 0 radical (unpaired) electrons. The van der Waals surface area contributed by atoms with Gasteiger partial charge in [0, 0.05) is 30.0 Å². The molecule has 2 fully saturated rings. The van der Waals surface area contributed by atoms with Gasteiger partial charge in [-0.05, 0) is 26.2 Å². The first-order valence-corrected chi connectivity index (χ1v) is 9.02. The minimum Gasteiger partial charge on any atom is -0.381 e. The van der Waals surface area contributed by atoms with Crippen LogP contribution in [0.25, 0.3) is 0 Å². The molecule has 1 unspecified atom stereocenters. The van der Waals surface area contributed by atoms with Crippen molar-refractivity contribution in [3.63, 3.8) is 0 Å². The summed E-state index contributed by atoms with van der Waals surface area (Å²) in [6.45, 7) is 6.02. The first-order chi connectivity index (χ1) is 9.71. The van der Waals surface area contributed by atoms with Gasteiger partial charge in [-0.15, -0.1) is 11.3 Å². The van der Waals surface area contributed by atoms with E-state index < -0.39 is 0 Å². The van der Waals surface area contributed by atoms with Crippen molar-refractivity contribution in [1.82, 2.24) is 10.3 Å². The Bertz CT molecular complexity index is 494. The van der Waals surface area contributed by atoms with Crippen LogP contribution in [-0.4, -0.2) is 34.7 Å². The molecule has 4 nitrogen and oxygen atoms in total. The number of amidine groups is 1. The summed E-state index contributed by atoms with van der Waals surface area (Å²) < 4.78 is 5.46. The van der Waals surface area contributed by atoms with Gasteiger partial charge in [-0.2, -0.15) is 0 Å². The van der Waals surface area contributed by atoms with Crippen LogP contribution in [0.3, 0.4) is 0 Å². The van der Waals surface area contributed by atoms with Crippen molar-refractivity contribution in [2.45, 2.75) is 44.7 Å². The fraction of sp³-hybridized carbons (Fsp3) is 0.714. The van der Waals surface area contributed by atoms with Crippen molar-refractivity contribution >= 4 is 28.3 Å². The third-order valence-electron chi connectivity index (χ3n) is 3.90. The van der Waals surface area contributed by atoms with Crippen LogP contribution in [0.4, 0.5) is 0 Å². The maximum Gasteiger partial charge on any atom is 0.157 e. The Morgan fingerprint density at radius 2 is 2.30 bits per heavy atom. The van der Waals surface area contributed by atoms with Crippen molar-refractivity contribution in [2.24, 2.45) is 4.99 Å². The second-order valence-corrected chi connectivity index (χ2v) is 7.55. The molecule has 0 aromatic carbocycles. The first kappa shape index (κ1) is 14.4. The number of ether oxygens (including phenoxy) is 1. The lowest BCUT2D eigenvalue weighted by Crippen LogP contribution is -2.48. The number of hydrogen-bond acceptors (Lipinski definition) is 5. The van der Waals surface area contributed by atoms with Gasteiger partial charge >= 0.3 is 0 Å². The van der Waals surface area contributed by atoms with E-state index in [-0.39, 0.29) is 11.6 Å². The number of nitrogens with one attached hydrogen (secondary N) is 1. The van der Waals surface area contributed by atoms with Gasteiger partial charge < -0.3 is 10.1 Å². The summed E-state index contributed by atoms with van der Waals surface area (Å²) in [6, 6.07) is 0.144. The van der Waals surface area contributed by atoms with E-state index in [9.17, 15) is 0 Å². The van der Waals surface area contributed by atoms with Crippen LogP contribution < -0.4 is 5.32 Å². The number of thiazole rings is 1. The van der Waals surface area contributed by atoms with Crippen molar-refractivity contribution in [3.8, 4) is 0 Å². The number of rotatable bonds is 3. The summed E-state index contributed by atoms with van der Waals surface area (Å²) in [5.74, 6) is 1.11. The lowest BCUT2D eigenvalue weighted by molar-refractivity contribution is 0.0555. The SMILES string of the molecule is CCc1cnc(C(C)N=C2NC3(CCOCC3)CS2)s1. The molecule has 3 rings (SSSR count). The van der Waals surface area contributed by atoms with Gasteiger partial charge in [0.05, 0.1) is 5.54 Å². The van der Waals surface area contributed by atoms with Crippen LogP contribution >= 0.6 is 23.1 Å². The molecular weight excluding hydrogens is 290 g/mol. The molecular formula is C14H21N3OS2. The minimum absolute atomic E-state index is 0.144. The van der Waals surface area contributed by atoms with E-state index in [1.54, 1.807) is 11.3 Å². The fourth-order valence-electron chi connectivity index (χ4n) is 2.52. The zero-order chi connectivity index (χ0) is 14.0. The minimum atomic E-state index is 0.144. The normalized spacial score (nSPS) is 25.0. The molecule has 1 spiro atoms. The smallest absolute Gasteiger partial charge is 0.157 e. The van der Waals surface area contributed by atoms with E-state index in [4.69, 9.17) is 9.73 Å². The Morgan fingerprint density at radius 3 is 3.00 bits per heavy atom. The molecule has 2 saturated heterocycles. The topological polar surface area (TPSA) is 46.5 Å². The molecule has 1 aromatic rings. The van der Waals surface area contributed by atoms with Gasteiger partial charge in [0.1, 0.15) is 11.0 Å². The number of nitrogens with zero attached hydrogens (tertiary/aromatic N) is 2. The van der Waals surface area contributed by atoms with Gasteiger partial charge in [-0.3, -0.25) is 4.99 Å². The molecule has 1 aromatic heterocycles. The van der Waals surface area contributed by atoms with Crippen LogP contribution in [0.1, 0.15) is 42.6 Å². The second-order valence-electron chi connectivity index (χ2n) is 5.43. The zero-order valence-corrected chi connectivity index (χ0v) is 13.6. The van der Waals surface area contributed by atoms with E-state index >= 15 is 0 Å². The van der Waals surface area contributed by atoms with Crippen LogP contribution in [0.15, 0.2) is 11.2 Å². The monoisotopic (exact) mass is 311 g/mol. The summed E-state index contributed by atoms with van der Waals surface area (Å²) in [4.78, 5) is 10.6. The highest BCUT2D eigenvalue weighted by Crippen LogP contribution is 2.33. The van der Waals surface area contributed by atoms with Crippen LogP contribution in [0, 0.1) is 0 Å². The Morgan fingerprint density at radius 1 is 1.50 bits per heavy atom. The van der Waals surface area contributed by atoms with Gasteiger partial charge in [0.25, 0.3) is 0 Å². The number of hydrogen-bond donors (Lipinski definition) is 1. The van der Waals surface area contributed by atoms with Crippen molar-refractivity contribution in [3.05, 3.63) is 16.1 Å². The summed E-state index contributed by atoms with van der Waals surface area (Å²) in [7, 11) is 0. The van der Waals surface area contributed by atoms with Gasteiger partial charge in [0.15, 0.2) is 5.17 Å². The molecule has 0 amide bonds. The Kier molecular flexibility index (Phi) is 4.33. The van der Waals surface area contributed by atoms with Crippen molar-refractivity contribution < 1.29 is 4.74 Å². The molecule has 0 aliphatic carbocycles. The first-order valence-electron chi connectivity index (χ1n) is 7.22. The molecule has 20 heavy (non-hydrogen) atoms. The number of thioether (sulfide) groups is 1. The van der Waals surface area contributed by atoms with Crippen LogP contribution in [0.5, 0.6) is 0 Å². The highest BCUT2D eigenvalue weighted by Gasteiger charge is 2.38. The predicted molar refractivity (Wildman–Crippen MR) is 85.7 cm³/mol. The average Bonchev–Trinajstić information content (AvgIpc) is 3.07. The predicted octanol–water partition coefficient (Wildman–Crippen LogP) is 3.01. The standard InChI is InChI=1S/C14H21N3OS2/c1-3-11-8-15-12(20-11)10(2)16-13-17-14(9-19-13)4-6-18-7-5-14/h8,10H,3-7,9H2,1-2H3,(H,16,17). The largest absolute Gasteiger partial charge is 0.381 e. The lowest BCUT2D eigenvalue weighted by Gasteiger charge is -2.32. The molecule has 2 aliphatic rings. The quantitative estimate of drug-likeness (QED) is 0.932. The van der Waals surface area contributed by atoms with E-state index in [1.165, 1.54) is 4.88 Å². The third kappa shape index (κ3) is 3.02. The molecule has 2 aliphatic heterocycles. The average molecular weight is 311 g/mol. The maximum atomic E-state index is 5.46. The molecule has 110 valence electrons. The Labute approximate surface area is 128 Å². The summed E-state index contributed by atoms with van der Waals surface area (Å²) in [5.41, 5.74) is 0.221. The van der Waals surface area contributed by atoms with Crippen molar-refractivity contribution in [1.29, 1.82) is 0 Å². The second kappa shape index (κ2) is 6.03. The summed E-state index contributed by atoms with van der Waals surface area (Å²) >= 11 is 3.62. The highest BCUT2D eigenvalue weighted by atomic mass is 32.2. The van der Waals surface area contributed by atoms with Gasteiger partial charge in [-0.25, -0.2) is 4.98 Å².